The molecule has 0 bridgehead atoms. The van der Waals surface area contributed by atoms with Crippen molar-refractivity contribution in [3.63, 3.8) is 0 Å². The summed E-state index contributed by atoms with van der Waals surface area (Å²) >= 11 is 0. The van der Waals surface area contributed by atoms with E-state index in [2.05, 4.69) is 19.2 Å². The monoisotopic (exact) mass is 321 g/mol. The van der Waals surface area contributed by atoms with Crippen LogP contribution < -0.4 is 11.1 Å². The van der Waals surface area contributed by atoms with E-state index in [9.17, 15) is 9.59 Å². The van der Waals surface area contributed by atoms with E-state index in [1.54, 1.807) is 11.9 Å². The van der Waals surface area contributed by atoms with Gasteiger partial charge in [-0.3, -0.25) is 9.59 Å². The predicted molar refractivity (Wildman–Crippen MR) is 89.4 cm³/mol. The summed E-state index contributed by atoms with van der Waals surface area (Å²) < 4.78 is 0. The number of nitrogens with zero attached hydrogens (tertiary/aromatic N) is 1. The van der Waals surface area contributed by atoms with E-state index in [0.29, 0.717) is 25.4 Å². The minimum atomic E-state index is -0.418. The zero-order valence-corrected chi connectivity index (χ0v) is 15.0. The number of hydrogen-bond donors (Lipinski definition) is 2. The summed E-state index contributed by atoms with van der Waals surface area (Å²) in [5.74, 6) is 0.425. The lowest BCUT2D eigenvalue weighted by atomic mass is 9.96. The number of hydrogen-bond acceptors (Lipinski definition) is 3. The third kappa shape index (κ3) is 9.69. The fourth-order valence-corrected chi connectivity index (χ4v) is 1.54. The zero-order chi connectivity index (χ0) is 15.9. The average Bonchev–Trinajstić information content (AvgIpc) is 2.33. The van der Waals surface area contributed by atoms with Gasteiger partial charge in [0.05, 0.1) is 0 Å². The molecule has 0 rings (SSSR count). The number of nitrogens with two attached hydrogens (primary N) is 1. The first-order valence-electron chi connectivity index (χ1n) is 7.33. The molecule has 0 spiro atoms. The third-order valence-corrected chi connectivity index (χ3v) is 3.39. The molecule has 0 fully saturated rings. The largest absolute Gasteiger partial charge is 0.355 e. The highest BCUT2D eigenvalue weighted by Gasteiger charge is 2.21. The van der Waals surface area contributed by atoms with Crippen molar-refractivity contribution < 1.29 is 9.59 Å². The average molecular weight is 322 g/mol. The lowest BCUT2D eigenvalue weighted by molar-refractivity contribution is -0.130. The normalized spacial score (nSPS) is 12.6. The summed E-state index contributed by atoms with van der Waals surface area (Å²) in [6.07, 6.45) is 1.13. The smallest absolute Gasteiger partial charge is 0.225 e. The molecule has 2 amide bonds. The van der Waals surface area contributed by atoms with Crippen LogP contribution in [0.1, 0.15) is 47.5 Å². The molecule has 21 heavy (non-hydrogen) atoms. The molecule has 0 aromatic heterocycles. The van der Waals surface area contributed by atoms with Crippen LogP contribution in [0, 0.1) is 11.3 Å². The first kappa shape index (κ1) is 22.5. The van der Waals surface area contributed by atoms with E-state index in [4.69, 9.17) is 5.73 Å². The molecule has 0 aliphatic rings. The van der Waals surface area contributed by atoms with Crippen LogP contribution in [-0.2, 0) is 9.59 Å². The summed E-state index contributed by atoms with van der Waals surface area (Å²) in [4.78, 5) is 25.2. The van der Waals surface area contributed by atoms with Gasteiger partial charge in [-0.15, -0.1) is 12.4 Å². The Bertz CT molecular complexity index is 327. The second-order valence-corrected chi connectivity index (χ2v) is 6.77. The molecule has 126 valence electrons. The maximum atomic E-state index is 11.9. The van der Waals surface area contributed by atoms with Crippen molar-refractivity contribution in [1.29, 1.82) is 0 Å². The van der Waals surface area contributed by atoms with Gasteiger partial charge in [0.2, 0.25) is 11.8 Å². The minimum Gasteiger partial charge on any atom is -0.355 e. The number of rotatable bonds is 7. The SMILES string of the molecule is CC(C)C(N)CCN(C)C(=O)CCNC(=O)C(C)(C)C.Cl. The number of amides is 2. The highest BCUT2D eigenvalue weighted by Crippen LogP contribution is 2.12. The van der Waals surface area contributed by atoms with Gasteiger partial charge >= 0.3 is 0 Å². The number of halogens is 1. The topological polar surface area (TPSA) is 75.4 Å². The standard InChI is InChI=1S/C15H31N3O2.ClH/c1-11(2)12(16)8-10-18(6)13(19)7-9-17-14(20)15(3,4)5;/h11-12H,7-10,16H2,1-6H3,(H,17,20);1H. The Kier molecular flexibility index (Phi) is 10.7. The van der Waals surface area contributed by atoms with Crippen molar-refractivity contribution in [2.45, 2.75) is 53.5 Å². The zero-order valence-electron chi connectivity index (χ0n) is 14.2. The van der Waals surface area contributed by atoms with Gasteiger partial charge < -0.3 is 16.0 Å². The van der Waals surface area contributed by atoms with Gasteiger partial charge in [-0.05, 0) is 12.3 Å². The van der Waals surface area contributed by atoms with Crippen molar-refractivity contribution in [2.75, 3.05) is 20.1 Å². The van der Waals surface area contributed by atoms with Crippen molar-refractivity contribution in [3.8, 4) is 0 Å². The fourth-order valence-electron chi connectivity index (χ4n) is 1.54. The van der Waals surface area contributed by atoms with E-state index in [0.717, 1.165) is 6.42 Å². The molecule has 3 N–H and O–H groups in total. The lowest BCUT2D eigenvalue weighted by Gasteiger charge is -2.22. The maximum absolute atomic E-state index is 11.9. The summed E-state index contributed by atoms with van der Waals surface area (Å²) in [5, 5.41) is 2.78. The van der Waals surface area contributed by atoms with E-state index >= 15 is 0 Å². The molecule has 0 radical (unpaired) electrons. The first-order valence-corrected chi connectivity index (χ1v) is 7.33. The molecular weight excluding hydrogens is 290 g/mol. The van der Waals surface area contributed by atoms with Crippen LogP contribution >= 0.6 is 12.4 Å². The van der Waals surface area contributed by atoms with Crippen molar-refractivity contribution in [1.82, 2.24) is 10.2 Å². The van der Waals surface area contributed by atoms with Gasteiger partial charge in [0.25, 0.3) is 0 Å². The van der Waals surface area contributed by atoms with Crippen LogP contribution in [0.25, 0.3) is 0 Å². The minimum absolute atomic E-state index is 0. The molecule has 5 nitrogen and oxygen atoms in total. The van der Waals surface area contributed by atoms with Crippen LogP contribution in [0.4, 0.5) is 0 Å². The Balaban J connectivity index is 0. The quantitative estimate of drug-likeness (QED) is 0.750. The molecule has 1 unspecified atom stereocenters. The van der Waals surface area contributed by atoms with Gasteiger partial charge in [-0.2, -0.15) is 0 Å². The Hall–Kier alpha value is -0.810. The summed E-state index contributed by atoms with van der Waals surface area (Å²) in [7, 11) is 1.78. The molecule has 0 aliphatic carbocycles. The van der Waals surface area contributed by atoms with E-state index in [1.165, 1.54) is 0 Å². The van der Waals surface area contributed by atoms with Crippen molar-refractivity contribution in [2.24, 2.45) is 17.1 Å². The Morgan fingerprint density at radius 2 is 1.76 bits per heavy atom. The first-order chi connectivity index (χ1) is 9.05. The summed E-state index contributed by atoms with van der Waals surface area (Å²) in [6, 6.07) is 0.117. The van der Waals surface area contributed by atoms with E-state index in [1.807, 2.05) is 20.8 Å². The maximum Gasteiger partial charge on any atom is 0.225 e. The molecular formula is C15H32ClN3O2. The van der Waals surface area contributed by atoms with Gasteiger partial charge in [-0.25, -0.2) is 0 Å². The lowest BCUT2D eigenvalue weighted by Crippen LogP contribution is -2.38. The number of nitrogens with one attached hydrogen (secondary N) is 1. The molecule has 0 aromatic carbocycles. The van der Waals surface area contributed by atoms with Crippen LogP contribution in [-0.4, -0.2) is 42.9 Å². The molecule has 0 aliphatic heterocycles. The van der Waals surface area contributed by atoms with Crippen molar-refractivity contribution in [3.05, 3.63) is 0 Å². The summed E-state index contributed by atoms with van der Waals surface area (Å²) in [5.41, 5.74) is 5.54. The van der Waals surface area contributed by atoms with Gasteiger partial charge in [0.15, 0.2) is 0 Å². The third-order valence-electron chi connectivity index (χ3n) is 3.39. The van der Waals surface area contributed by atoms with Gasteiger partial charge in [-0.1, -0.05) is 34.6 Å². The van der Waals surface area contributed by atoms with Crippen LogP contribution in [0.5, 0.6) is 0 Å². The van der Waals surface area contributed by atoms with Gasteiger partial charge in [0.1, 0.15) is 0 Å². The van der Waals surface area contributed by atoms with Crippen LogP contribution in [0.15, 0.2) is 0 Å². The van der Waals surface area contributed by atoms with Gasteiger partial charge in [0, 0.05) is 38.0 Å². The van der Waals surface area contributed by atoms with Crippen LogP contribution in [0.2, 0.25) is 0 Å². The Morgan fingerprint density at radius 1 is 1.24 bits per heavy atom. The van der Waals surface area contributed by atoms with Crippen LogP contribution in [0.3, 0.4) is 0 Å². The molecule has 0 heterocycles. The highest BCUT2D eigenvalue weighted by molar-refractivity contribution is 5.85. The number of carbonyl (C=O) groups is 2. The Labute approximate surface area is 135 Å². The molecule has 6 heteroatoms. The highest BCUT2D eigenvalue weighted by atomic mass is 35.5. The second kappa shape index (κ2) is 10.0. The number of carbonyl (C=O) groups excluding carboxylic acids is 2. The fraction of sp³-hybridized carbons (Fsp3) is 0.867. The molecule has 0 saturated heterocycles. The second-order valence-electron chi connectivity index (χ2n) is 6.77. The molecule has 0 saturated carbocycles. The molecule has 1 atom stereocenters. The van der Waals surface area contributed by atoms with E-state index in [-0.39, 0.29) is 30.3 Å². The van der Waals surface area contributed by atoms with E-state index < -0.39 is 5.41 Å². The Morgan fingerprint density at radius 3 is 2.19 bits per heavy atom. The van der Waals surface area contributed by atoms with Crippen molar-refractivity contribution >= 4 is 24.2 Å². The summed E-state index contributed by atoms with van der Waals surface area (Å²) in [6.45, 7) is 10.8. The molecule has 0 aromatic rings. The predicted octanol–water partition coefficient (Wildman–Crippen LogP) is 1.79.